The minimum atomic E-state index is -0.985. The van der Waals surface area contributed by atoms with E-state index in [1.54, 1.807) is 11.0 Å². The number of benzene rings is 1. The Bertz CT molecular complexity index is 572. The van der Waals surface area contributed by atoms with Crippen LogP contribution in [0.1, 0.15) is 24.3 Å². The Labute approximate surface area is 136 Å². The van der Waals surface area contributed by atoms with Gasteiger partial charge in [-0.1, -0.05) is 36.4 Å². The van der Waals surface area contributed by atoms with Crippen molar-refractivity contribution >= 4 is 11.9 Å². The van der Waals surface area contributed by atoms with Gasteiger partial charge in [0.05, 0.1) is 6.61 Å². The average molecular weight is 317 g/mol. The second-order valence-corrected chi connectivity index (χ2v) is 6.04. The zero-order chi connectivity index (χ0) is 16.9. The van der Waals surface area contributed by atoms with E-state index >= 15 is 0 Å². The lowest BCUT2D eigenvalue weighted by Crippen LogP contribution is -2.40. The first-order chi connectivity index (χ1) is 11.0. The number of methoxy groups -OCH3 is 1. The first kappa shape index (κ1) is 17.2. The van der Waals surface area contributed by atoms with Crippen LogP contribution in [0.25, 0.3) is 0 Å². The quantitative estimate of drug-likeness (QED) is 0.784. The van der Waals surface area contributed by atoms with Crippen LogP contribution in [0.15, 0.2) is 43.0 Å². The summed E-state index contributed by atoms with van der Waals surface area (Å²) in [6.45, 7) is 4.59. The van der Waals surface area contributed by atoms with E-state index in [-0.39, 0.29) is 25.0 Å². The van der Waals surface area contributed by atoms with Gasteiger partial charge in [-0.25, -0.2) is 0 Å². The van der Waals surface area contributed by atoms with Gasteiger partial charge >= 0.3 is 5.97 Å². The molecule has 2 unspecified atom stereocenters. The van der Waals surface area contributed by atoms with E-state index in [1.807, 2.05) is 30.3 Å². The van der Waals surface area contributed by atoms with E-state index in [2.05, 4.69) is 6.58 Å². The molecule has 0 saturated carbocycles. The van der Waals surface area contributed by atoms with Crippen LogP contribution in [0.4, 0.5) is 0 Å². The van der Waals surface area contributed by atoms with Gasteiger partial charge in [-0.05, 0) is 12.0 Å². The van der Waals surface area contributed by atoms with E-state index in [0.717, 1.165) is 5.56 Å². The van der Waals surface area contributed by atoms with Gasteiger partial charge in [0, 0.05) is 32.5 Å². The zero-order valence-corrected chi connectivity index (χ0v) is 13.4. The summed E-state index contributed by atoms with van der Waals surface area (Å²) in [5, 5.41) is 9.47. The van der Waals surface area contributed by atoms with Crippen LogP contribution in [0.2, 0.25) is 0 Å². The van der Waals surface area contributed by atoms with Gasteiger partial charge in [0.1, 0.15) is 5.41 Å². The largest absolute Gasteiger partial charge is 0.481 e. The highest BCUT2D eigenvalue weighted by Gasteiger charge is 2.46. The van der Waals surface area contributed by atoms with E-state index < -0.39 is 11.4 Å². The molecule has 0 bridgehead atoms. The SMILES string of the molecule is C=CC(CC(=O)N1CCC(COC)(C(=O)O)C1)c1ccccc1. The Hall–Kier alpha value is -2.14. The lowest BCUT2D eigenvalue weighted by atomic mass is 9.88. The van der Waals surface area contributed by atoms with Crippen molar-refractivity contribution in [2.45, 2.75) is 18.8 Å². The third-order valence-corrected chi connectivity index (χ3v) is 4.49. The highest BCUT2D eigenvalue weighted by molar-refractivity contribution is 5.81. The van der Waals surface area contributed by atoms with Crippen LogP contribution in [0.3, 0.4) is 0 Å². The number of likely N-dealkylation sites (tertiary alicyclic amines) is 1. The van der Waals surface area contributed by atoms with E-state index in [9.17, 15) is 14.7 Å². The molecule has 2 atom stereocenters. The maximum Gasteiger partial charge on any atom is 0.313 e. The van der Waals surface area contributed by atoms with Crippen LogP contribution >= 0.6 is 0 Å². The summed E-state index contributed by atoms with van der Waals surface area (Å²) in [6, 6.07) is 9.73. The van der Waals surface area contributed by atoms with Crippen molar-refractivity contribution < 1.29 is 19.4 Å². The smallest absolute Gasteiger partial charge is 0.313 e. The number of carbonyl (C=O) groups is 2. The predicted molar refractivity (Wildman–Crippen MR) is 87.1 cm³/mol. The summed E-state index contributed by atoms with van der Waals surface area (Å²) >= 11 is 0. The first-order valence-corrected chi connectivity index (χ1v) is 7.70. The number of carboxylic acid groups (broad SMARTS) is 1. The number of hydrogen-bond donors (Lipinski definition) is 1. The van der Waals surface area contributed by atoms with Gasteiger partial charge in [-0.3, -0.25) is 9.59 Å². The minimum Gasteiger partial charge on any atom is -0.481 e. The summed E-state index contributed by atoms with van der Waals surface area (Å²) in [6.07, 6.45) is 2.49. The molecule has 0 aromatic heterocycles. The second kappa shape index (κ2) is 7.42. The molecule has 1 fully saturated rings. The molecule has 5 nitrogen and oxygen atoms in total. The van der Waals surface area contributed by atoms with Gasteiger partial charge in [-0.2, -0.15) is 0 Å². The third-order valence-electron chi connectivity index (χ3n) is 4.49. The van der Waals surface area contributed by atoms with E-state index in [0.29, 0.717) is 19.4 Å². The summed E-state index contributed by atoms with van der Waals surface area (Å²) in [5.41, 5.74) is 0.0531. The molecular weight excluding hydrogens is 294 g/mol. The number of hydrogen-bond acceptors (Lipinski definition) is 3. The summed E-state index contributed by atoms with van der Waals surface area (Å²) in [7, 11) is 1.48. The molecule has 1 N–H and O–H groups in total. The lowest BCUT2D eigenvalue weighted by molar-refractivity contribution is -0.151. The van der Waals surface area contributed by atoms with Crippen LogP contribution in [-0.4, -0.2) is 48.7 Å². The van der Waals surface area contributed by atoms with Crippen LogP contribution in [-0.2, 0) is 14.3 Å². The van der Waals surface area contributed by atoms with Crippen molar-refractivity contribution in [1.29, 1.82) is 0 Å². The van der Waals surface area contributed by atoms with Crippen molar-refractivity contribution in [2.75, 3.05) is 26.8 Å². The molecule has 1 aromatic carbocycles. The van der Waals surface area contributed by atoms with Crippen LogP contribution in [0.5, 0.6) is 0 Å². The van der Waals surface area contributed by atoms with Crippen LogP contribution < -0.4 is 0 Å². The molecule has 1 aromatic rings. The van der Waals surface area contributed by atoms with Gasteiger partial charge in [0.25, 0.3) is 0 Å². The summed E-state index contributed by atoms with van der Waals surface area (Å²) in [4.78, 5) is 25.7. The minimum absolute atomic E-state index is 0.0435. The number of allylic oxidation sites excluding steroid dienone is 1. The molecule has 1 aliphatic rings. The molecule has 0 aliphatic carbocycles. The van der Waals surface area contributed by atoms with Crippen LogP contribution in [0, 0.1) is 5.41 Å². The van der Waals surface area contributed by atoms with Crippen molar-refractivity contribution in [1.82, 2.24) is 4.90 Å². The molecule has 1 saturated heterocycles. The van der Waals surface area contributed by atoms with Gasteiger partial charge in [-0.15, -0.1) is 6.58 Å². The topological polar surface area (TPSA) is 66.8 Å². The molecule has 2 rings (SSSR count). The second-order valence-electron chi connectivity index (χ2n) is 6.04. The van der Waals surface area contributed by atoms with Gasteiger partial charge < -0.3 is 14.7 Å². The van der Waals surface area contributed by atoms with Gasteiger partial charge in [0.15, 0.2) is 0 Å². The normalized spacial score (nSPS) is 21.9. The zero-order valence-electron chi connectivity index (χ0n) is 13.4. The Morgan fingerprint density at radius 2 is 2.13 bits per heavy atom. The molecule has 1 aliphatic heterocycles. The molecule has 124 valence electrons. The molecule has 23 heavy (non-hydrogen) atoms. The molecule has 1 amide bonds. The fourth-order valence-electron chi connectivity index (χ4n) is 3.07. The fraction of sp³-hybridized carbons (Fsp3) is 0.444. The number of carbonyl (C=O) groups excluding carboxylic acids is 1. The van der Waals surface area contributed by atoms with Crippen molar-refractivity contribution in [3.05, 3.63) is 48.6 Å². The maximum atomic E-state index is 12.5. The molecular formula is C18H23NO4. The van der Waals surface area contributed by atoms with E-state index in [1.165, 1.54) is 7.11 Å². The van der Waals surface area contributed by atoms with Crippen molar-refractivity contribution in [2.24, 2.45) is 5.41 Å². The predicted octanol–water partition coefficient (Wildman–Crippen LogP) is 2.30. The standard InChI is InChI=1S/C18H23NO4/c1-3-14(15-7-5-4-6-8-15)11-16(20)19-10-9-18(12-19,13-23-2)17(21)22/h3-8,14H,1,9-13H2,2H3,(H,21,22). The highest BCUT2D eigenvalue weighted by Crippen LogP contribution is 2.32. The summed E-state index contributed by atoms with van der Waals surface area (Å²) in [5.74, 6) is -1.01. The Balaban J connectivity index is 2.04. The summed E-state index contributed by atoms with van der Waals surface area (Å²) < 4.78 is 5.06. The number of nitrogens with zero attached hydrogens (tertiary/aromatic N) is 1. The number of rotatable bonds is 7. The number of aliphatic carboxylic acids is 1. The highest BCUT2D eigenvalue weighted by atomic mass is 16.5. The monoisotopic (exact) mass is 317 g/mol. The first-order valence-electron chi connectivity index (χ1n) is 7.70. The molecule has 5 heteroatoms. The Morgan fingerprint density at radius 3 is 2.70 bits per heavy atom. The maximum absolute atomic E-state index is 12.5. The van der Waals surface area contributed by atoms with Crippen molar-refractivity contribution in [3.8, 4) is 0 Å². The van der Waals surface area contributed by atoms with Gasteiger partial charge in [0.2, 0.25) is 5.91 Å². The Morgan fingerprint density at radius 1 is 1.43 bits per heavy atom. The van der Waals surface area contributed by atoms with E-state index in [4.69, 9.17) is 4.74 Å². The van der Waals surface area contributed by atoms with Crippen molar-refractivity contribution in [3.63, 3.8) is 0 Å². The number of carboxylic acids is 1. The third kappa shape index (κ3) is 3.79. The molecule has 1 heterocycles. The average Bonchev–Trinajstić information content (AvgIpc) is 2.99. The fourth-order valence-corrected chi connectivity index (χ4v) is 3.07. The molecule has 0 spiro atoms. The molecule has 0 radical (unpaired) electrons. The number of amides is 1. The number of ether oxygens (including phenoxy) is 1. The Kier molecular flexibility index (Phi) is 5.55. The lowest BCUT2D eigenvalue weighted by Gasteiger charge is -2.24.